The van der Waals surface area contributed by atoms with Crippen molar-refractivity contribution < 1.29 is 4.39 Å². The van der Waals surface area contributed by atoms with Gasteiger partial charge in [0.15, 0.2) is 0 Å². The molecule has 24 heavy (non-hydrogen) atoms. The summed E-state index contributed by atoms with van der Waals surface area (Å²) in [6.07, 6.45) is 3.17. The molecule has 7 heteroatoms. The molecule has 0 aliphatic heterocycles. The van der Waals surface area contributed by atoms with Crippen LogP contribution in [0.1, 0.15) is 0 Å². The number of benzene rings is 1. The van der Waals surface area contributed by atoms with E-state index in [0.29, 0.717) is 22.9 Å². The van der Waals surface area contributed by atoms with Gasteiger partial charge < -0.3 is 9.41 Å². The summed E-state index contributed by atoms with van der Waals surface area (Å²) in [7, 11) is 1.87. The molecule has 3 aromatic heterocycles. The summed E-state index contributed by atoms with van der Waals surface area (Å²) in [6.45, 7) is 7.20. The van der Waals surface area contributed by atoms with E-state index in [0.717, 1.165) is 11.3 Å². The third-order valence-corrected chi connectivity index (χ3v) is 3.76. The highest BCUT2D eigenvalue weighted by molar-refractivity contribution is 5.77. The van der Waals surface area contributed by atoms with Crippen molar-refractivity contribution in [3.05, 3.63) is 66.2 Å². The van der Waals surface area contributed by atoms with Gasteiger partial charge in [-0.3, -0.25) is 0 Å². The molecule has 0 aliphatic rings. The van der Waals surface area contributed by atoms with Crippen LogP contribution >= 0.6 is 0 Å². The van der Waals surface area contributed by atoms with Crippen molar-refractivity contribution in [2.45, 2.75) is 0 Å². The van der Waals surface area contributed by atoms with Crippen molar-refractivity contribution in [2.75, 3.05) is 0 Å². The van der Waals surface area contributed by atoms with Crippen molar-refractivity contribution >= 4 is 11.5 Å². The zero-order valence-corrected chi connectivity index (χ0v) is 12.7. The normalized spacial score (nSPS) is 10.9. The molecule has 0 saturated carbocycles. The number of aromatic nitrogens is 5. The van der Waals surface area contributed by atoms with E-state index in [1.54, 1.807) is 24.5 Å². The molecule has 0 atom stereocenters. The van der Waals surface area contributed by atoms with E-state index in [1.165, 1.54) is 22.8 Å². The molecule has 0 aliphatic carbocycles. The van der Waals surface area contributed by atoms with Crippen LogP contribution in [0.3, 0.4) is 0 Å². The molecule has 3 heterocycles. The number of hydrogen-bond acceptors (Lipinski definition) is 3. The van der Waals surface area contributed by atoms with Crippen LogP contribution in [0.25, 0.3) is 33.1 Å². The molecule has 0 unspecified atom stereocenters. The average molecular weight is 318 g/mol. The summed E-state index contributed by atoms with van der Waals surface area (Å²) in [5.74, 6) is 0.0493. The number of halogens is 1. The second-order valence-electron chi connectivity index (χ2n) is 5.28. The lowest BCUT2D eigenvalue weighted by atomic mass is 10.1. The molecule has 0 amide bonds. The van der Waals surface area contributed by atoms with Gasteiger partial charge in [-0.2, -0.15) is 0 Å². The Balaban J connectivity index is 1.92. The smallest absolute Gasteiger partial charge is 0.275 e. The zero-order valence-electron chi connectivity index (χ0n) is 12.7. The third-order valence-electron chi connectivity index (χ3n) is 3.76. The fourth-order valence-electron chi connectivity index (χ4n) is 2.62. The van der Waals surface area contributed by atoms with Crippen LogP contribution in [0.2, 0.25) is 0 Å². The van der Waals surface area contributed by atoms with Gasteiger partial charge >= 0.3 is 0 Å². The minimum absolute atomic E-state index is 0.295. The molecule has 0 saturated heterocycles. The van der Waals surface area contributed by atoms with Gasteiger partial charge in [-0.1, -0.05) is 11.7 Å². The standard InChI is InChI=1S/C17H11FN6/c1-19-15-9-20-14-8-7-13(22-24(14)15)17-16(21-10-23(17)2)11-3-5-12(18)6-4-11/h3-10H,2H3. The molecule has 6 nitrogen and oxygen atoms in total. The molecule has 0 spiro atoms. The Morgan fingerprint density at radius 2 is 1.88 bits per heavy atom. The SMILES string of the molecule is [C-]#[N+]c1cnc2ccc(-c3c(-c4ccc(F)cc4)ncn3C)nn12. The number of fused-ring (bicyclic) bond motifs is 1. The second kappa shape index (κ2) is 5.28. The third kappa shape index (κ3) is 2.13. The van der Waals surface area contributed by atoms with Gasteiger partial charge in [0, 0.05) is 18.7 Å². The molecular weight excluding hydrogens is 307 g/mol. The number of aryl methyl sites for hydroxylation is 1. The highest BCUT2D eigenvalue weighted by Gasteiger charge is 2.17. The van der Waals surface area contributed by atoms with E-state index in [2.05, 4.69) is 19.9 Å². The summed E-state index contributed by atoms with van der Waals surface area (Å²) >= 11 is 0. The summed E-state index contributed by atoms with van der Waals surface area (Å²) in [4.78, 5) is 12.0. The Kier molecular flexibility index (Phi) is 3.10. The maximum atomic E-state index is 13.2. The van der Waals surface area contributed by atoms with Gasteiger partial charge in [0.1, 0.15) is 11.5 Å². The number of hydrogen-bond donors (Lipinski definition) is 0. The van der Waals surface area contributed by atoms with E-state index in [9.17, 15) is 4.39 Å². The van der Waals surface area contributed by atoms with E-state index in [1.807, 2.05) is 17.7 Å². The van der Waals surface area contributed by atoms with Gasteiger partial charge in [0.25, 0.3) is 5.82 Å². The Bertz CT molecular complexity index is 1080. The predicted molar refractivity (Wildman–Crippen MR) is 86.8 cm³/mol. The first-order chi connectivity index (χ1) is 11.7. The molecule has 116 valence electrons. The van der Waals surface area contributed by atoms with E-state index in [-0.39, 0.29) is 5.82 Å². The Hall–Kier alpha value is -3.53. The first-order valence-corrected chi connectivity index (χ1v) is 7.17. The van der Waals surface area contributed by atoms with Crippen molar-refractivity contribution in [1.29, 1.82) is 0 Å². The molecule has 4 aromatic rings. The molecular formula is C17H11FN6. The molecule has 0 bridgehead atoms. The Morgan fingerprint density at radius 1 is 1.08 bits per heavy atom. The first kappa shape index (κ1) is 14.1. The average Bonchev–Trinajstić information content (AvgIpc) is 3.18. The van der Waals surface area contributed by atoms with Crippen LogP contribution in [0.15, 0.2) is 48.9 Å². The summed E-state index contributed by atoms with van der Waals surface area (Å²) in [5.41, 5.74) is 3.55. The molecule has 0 radical (unpaired) electrons. The van der Waals surface area contributed by atoms with Crippen molar-refractivity contribution in [1.82, 2.24) is 24.1 Å². The summed E-state index contributed by atoms with van der Waals surface area (Å²) in [5, 5.41) is 4.52. The monoisotopic (exact) mass is 318 g/mol. The number of imidazole rings is 2. The van der Waals surface area contributed by atoms with Crippen LogP contribution in [0, 0.1) is 12.4 Å². The molecule has 4 rings (SSSR count). The van der Waals surface area contributed by atoms with Crippen LogP contribution in [-0.4, -0.2) is 24.1 Å². The molecule has 1 aromatic carbocycles. The largest absolute Gasteiger partial charge is 0.360 e. The lowest BCUT2D eigenvalue weighted by Crippen LogP contribution is -1.99. The van der Waals surface area contributed by atoms with Gasteiger partial charge in [-0.15, -0.1) is 4.52 Å². The van der Waals surface area contributed by atoms with E-state index in [4.69, 9.17) is 6.57 Å². The minimum atomic E-state index is -0.295. The molecule has 0 fully saturated rings. The highest BCUT2D eigenvalue weighted by Crippen LogP contribution is 2.30. The second-order valence-corrected chi connectivity index (χ2v) is 5.28. The van der Waals surface area contributed by atoms with Gasteiger partial charge in [-0.05, 0) is 30.3 Å². The zero-order chi connectivity index (χ0) is 16.7. The van der Waals surface area contributed by atoms with Gasteiger partial charge in [-0.25, -0.2) is 14.4 Å². The van der Waals surface area contributed by atoms with E-state index < -0.39 is 0 Å². The van der Waals surface area contributed by atoms with Crippen LogP contribution in [0.5, 0.6) is 0 Å². The summed E-state index contributed by atoms with van der Waals surface area (Å²) in [6, 6.07) is 9.80. The quantitative estimate of drug-likeness (QED) is 0.532. The fraction of sp³-hybridized carbons (Fsp3) is 0.0588. The minimum Gasteiger partial charge on any atom is -0.360 e. The first-order valence-electron chi connectivity index (χ1n) is 7.17. The Morgan fingerprint density at radius 3 is 2.62 bits per heavy atom. The topological polar surface area (TPSA) is 52.4 Å². The van der Waals surface area contributed by atoms with Crippen LogP contribution < -0.4 is 0 Å². The van der Waals surface area contributed by atoms with Gasteiger partial charge in [0.05, 0.1) is 23.9 Å². The van der Waals surface area contributed by atoms with Gasteiger partial charge in [0.2, 0.25) is 5.65 Å². The maximum absolute atomic E-state index is 13.2. The highest BCUT2D eigenvalue weighted by atomic mass is 19.1. The van der Waals surface area contributed by atoms with E-state index >= 15 is 0 Å². The molecule has 0 N–H and O–H groups in total. The van der Waals surface area contributed by atoms with Crippen molar-refractivity contribution in [3.8, 4) is 22.6 Å². The van der Waals surface area contributed by atoms with Crippen molar-refractivity contribution in [2.24, 2.45) is 7.05 Å². The summed E-state index contributed by atoms with van der Waals surface area (Å²) < 4.78 is 16.5. The number of rotatable bonds is 2. The van der Waals surface area contributed by atoms with Crippen LogP contribution in [-0.2, 0) is 7.05 Å². The lowest BCUT2D eigenvalue weighted by Gasteiger charge is -2.05. The van der Waals surface area contributed by atoms with Crippen molar-refractivity contribution in [3.63, 3.8) is 0 Å². The lowest BCUT2D eigenvalue weighted by molar-refractivity contribution is 0.628. The maximum Gasteiger partial charge on any atom is 0.275 e. The predicted octanol–water partition coefficient (Wildman–Crippen LogP) is 3.49. The number of nitrogens with zero attached hydrogens (tertiary/aromatic N) is 6. The van der Waals surface area contributed by atoms with Crippen LogP contribution in [0.4, 0.5) is 10.2 Å². The fourth-order valence-corrected chi connectivity index (χ4v) is 2.62. The Labute approximate surface area is 136 Å².